The number of rotatable bonds is 2. The van der Waals surface area contributed by atoms with Crippen molar-refractivity contribution in [1.29, 1.82) is 0 Å². The second-order valence-electron chi connectivity index (χ2n) is 3.21. The smallest absolute Gasteiger partial charge is 0.309 e. The predicted molar refractivity (Wildman–Crippen MR) is 40.7 cm³/mol. The van der Waals surface area contributed by atoms with Gasteiger partial charge in [0.15, 0.2) is 0 Å². The van der Waals surface area contributed by atoms with Crippen molar-refractivity contribution in [3.63, 3.8) is 0 Å². The van der Waals surface area contributed by atoms with Crippen molar-refractivity contribution in [1.82, 2.24) is 0 Å². The molecule has 1 unspecified atom stereocenters. The molecule has 1 aliphatic heterocycles. The first kappa shape index (κ1) is 9.45. The molecule has 1 N–H and O–H groups in total. The van der Waals surface area contributed by atoms with Crippen molar-refractivity contribution in [2.24, 2.45) is 5.92 Å². The zero-order valence-corrected chi connectivity index (χ0v) is 7.05. The number of carboxylic acid groups (broad SMARTS) is 1. The highest BCUT2D eigenvalue weighted by atomic mass is 19.1. The Kier molecular flexibility index (Phi) is 2.67. The molecule has 1 heterocycles. The standard InChI is InChI=1S/C8H13FO3/c1-6(7(10)11)8(9)2-4-12-5-3-8/h6H,2-5H2,1H3,(H,10,11). The second kappa shape index (κ2) is 3.39. The van der Waals surface area contributed by atoms with Gasteiger partial charge in [-0.15, -0.1) is 0 Å². The molecule has 0 bridgehead atoms. The van der Waals surface area contributed by atoms with Gasteiger partial charge >= 0.3 is 5.97 Å². The van der Waals surface area contributed by atoms with Crippen LogP contribution in [-0.2, 0) is 9.53 Å². The number of alkyl halides is 1. The summed E-state index contributed by atoms with van der Waals surface area (Å²) in [5.74, 6) is -2.00. The number of carboxylic acids is 1. The van der Waals surface area contributed by atoms with Gasteiger partial charge in [-0.3, -0.25) is 4.79 Å². The highest BCUT2D eigenvalue weighted by Gasteiger charge is 2.41. The maximum absolute atomic E-state index is 13.8. The Morgan fingerprint density at radius 3 is 2.50 bits per heavy atom. The number of hydrogen-bond acceptors (Lipinski definition) is 2. The number of hydrogen-bond donors (Lipinski definition) is 1. The monoisotopic (exact) mass is 176 g/mol. The fraction of sp³-hybridized carbons (Fsp3) is 0.875. The first-order valence-electron chi connectivity index (χ1n) is 4.06. The lowest BCUT2D eigenvalue weighted by Gasteiger charge is -2.32. The van der Waals surface area contributed by atoms with E-state index in [0.717, 1.165) is 0 Å². The summed E-state index contributed by atoms with van der Waals surface area (Å²) in [4.78, 5) is 10.5. The zero-order chi connectivity index (χ0) is 9.19. The Bertz CT molecular complexity index is 175. The van der Waals surface area contributed by atoms with Crippen molar-refractivity contribution in [3.05, 3.63) is 0 Å². The highest BCUT2D eigenvalue weighted by molar-refractivity contribution is 5.71. The lowest BCUT2D eigenvalue weighted by Crippen LogP contribution is -2.41. The van der Waals surface area contributed by atoms with E-state index in [1.807, 2.05) is 0 Å². The Labute approximate surface area is 70.5 Å². The van der Waals surface area contributed by atoms with Gasteiger partial charge in [0.2, 0.25) is 0 Å². The highest BCUT2D eigenvalue weighted by Crippen LogP contribution is 2.33. The molecule has 0 spiro atoms. The van der Waals surface area contributed by atoms with E-state index in [1.54, 1.807) is 0 Å². The van der Waals surface area contributed by atoms with E-state index in [1.165, 1.54) is 6.92 Å². The molecule has 1 fully saturated rings. The van der Waals surface area contributed by atoms with E-state index < -0.39 is 17.6 Å². The summed E-state index contributed by atoms with van der Waals surface area (Å²) in [6, 6.07) is 0. The fourth-order valence-electron chi connectivity index (χ4n) is 1.37. The molecule has 12 heavy (non-hydrogen) atoms. The molecule has 1 atom stereocenters. The molecule has 0 aliphatic carbocycles. The molecule has 0 aromatic heterocycles. The van der Waals surface area contributed by atoms with Gasteiger partial charge < -0.3 is 9.84 Å². The van der Waals surface area contributed by atoms with E-state index in [4.69, 9.17) is 9.84 Å². The minimum Gasteiger partial charge on any atom is -0.481 e. The minimum absolute atomic E-state index is 0.195. The molecular formula is C8H13FO3. The molecule has 1 rings (SSSR count). The van der Waals surface area contributed by atoms with Crippen LogP contribution < -0.4 is 0 Å². The maximum atomic E-state index is 13.8. The molecular weight excluding hydrogens is 163 g/mol. The van der Waals surface area contributed by atoms with Crippen LogP contribution in [0.4, 0.5) is 4.39 Å². The number of ether oxygens (including phenoxy) is 1. The van der Waals surface area contributed by atoms with Crippen LogP contribution in [0.1, 0.15) is 19.8 Å². The average molecular weight is 176 g/mol. The van der Waals surface area contributed by atoms with Crippen molar-refractivity contribution >= 4 is 5.97 Å². The van der Waals surface area contributed by atoms with Crippen LogP contribution in [0.3, 0.4) is 0 Å². The van der Waals surface area contributed by atoms with Gasteiger partial charge in [-0.05, 0) is 6.92 Å². The van der Waals surface area contributed by atoms with Gasteiger partial charge in [0.1, 0.15) is 5.67 Å². The molecule has 70 valence electrons. The van der Waals surface area contributed by atoms with E-state index in [-0.39, 0.29) is 12.8 Å². The lowest BCUT2D eigenvalue weighted by molar-refractivity contribution is -0.150. The number of aliphatic carboxylic acids is 1. The van der Waals surface area contributed by atoms with Crippen molar-refractivity contribution < 1.29 is 19.0 Å². The molecule has 0 aromatic carbocycles. The fourth-order valence-corrected chi connectivity index (χ4v) is 1.37. The first-order valence-corrected chi connectivity index (χ1v) is 4.06. The Hall–Kier alpha value is -0.640. The van der Waals surface area contributed by atoms with E-state index in [2.05, 4.69) is 0 Å². The molecule has 1 saturated heterocycles. The first-order chi connectivity index (χ1) is 5.56. The van der Waals surface area contributed by atoms with Gasteiger partial charge in [-0.1, -0.05) is 0 Å². The average Bonchev–Trinajstić information content (AvgIpc) is 2.04. The predicted octanol–water partition coefficient (Wildman–Crippen LogP) is 1.23. The summed E-state index contributed by atoms with van der Waals surface area (Å²) in [6.07, 6.45) is 0.390. The third-order valence-electron chi connectivity index (χ3n) is 2.47. The molecule has 0 aromatic rings. The second-order valence-corrected chi connectivity index (χ2v) is 3.21. The normalized spacial score (nSPS) is 24.8. The van der Waals surface area contributed by atoms with Crippen molar-refractivity contribution in [2.45, 2.75) is 25.4 Å². The Morgan fingerprint density at radius 2 is 2.08 bits per heavy atom. The third kappa shape index (κ3) is 1.75. The van der Waals surface area contributed by atoms with Gasteiger partial charge in [0.05, 0.1) is 5.92 Å². The minimum atomic E-state index is -1.57. The topological polar surface area (TPSA) is 46.5 Å². The molecule has 0 radical (unpaired) electrons. The van der Waals surface area contributed by atoms with E-state index in [0.29, 0.717) is 13.2 Å². The summed E-state index contributed by atoms with van der Waals surface area (Å²) in [5, 5.41) is 8.62. The summed E-state index contributed by atoms with van der Waals surface area (Å²) >= 11 is 0. The van der Waals surface area contributed by atoms with Gasteiger partial charge in [0.25, 0.3) is 0 Å². The number of carbonyl (C=O) groups is 1. The quantitative estimate of drug-likeness (QED) is 0.688. The van der Waals surface area contributed by atoms with Crippen LogP contribution in [0, 0.1) is 5.92 Å². The molecule has 1 aliphatic rings. The molecule has 0 saturated carbocycles. The van der Waals surface area contributed by atoms with Crippen LogP contribution in [0.2, 0.25) is 0 Å². The summed E-state index contributed by atoms with van der Waals surface area (Å²) in [5.41, 5.74) is -1.57. The van der Waals surface area contributed by atoms with Gasteiger partial charge in [0, 0.05) is 26.1 Å². The summed E-state index contributed by atoms with van der Waals surface area (Å²) < 4.78 is 18.7. The van der Waals surface area contributed by atoms with Crippen molar-refractivity contribution in [3.8, 4) is 0 Å². The van der Waals surface area contributed by atoms with Crippen molar-refractivity contribution in [2.75, 3.05) is 13.2 Å². The summed E-state index contributed by atoms with van der Waals surface area (Å²) in [7, 11) is 0. The SMILES string of the molecule is CC(C(=O)O)C1(F)CCOCC1. The van der Waals surface area contributed by atoms with Crippen LogP contribution in [0.25, 0.3) is 0 Å². The molecule has 0 amide bonds. The molecule has 4 heteroatoms. The van der Waals surface area contributed by atoms with Gasteiger partial charge in [-0.2, -0.15) is 0 Å². The third-order valence-corrected chi connectivity index (χ3v) is 2.47. The largest absolute Gasteiger partial charge is 0.481 e. The van der Waals surface area contributed by atoms with E-state index in [9.17, 15) is 9.18 Å². The van der Waals surface area contributed by atoms with Crippen LogP contribution in [-0.4, -0.2) is 30.0 Å². The van der Waals surface area contributed by atoms with Crippen LogP contribution >= 0.6 is 0 Å². The lowest BCUT2D eigenvalue weighted by atomic mass is 9.84. The zero-order valence-electron chi connectivity index (χ0n) is 7.05. The van der Waals surface area contributed by atoms with Crippen LogP contribution in [0.15, 0.2) is 0 Å². The maximum Gasteiger partial charge on any atom is 0.309 e. The molecule has 3 nitrogen and oxygen atoms in total. The van der Waals surface area contributed by atoms with Gasteiger partial charge in [-0.25, -0.2) is 4.39 Å². The van der Waals surface area contributed by atoms with E-state index >= 15 is 0 Å². The Balaban J connectivity index is 2.62. The summed E-state index contributed by atoms with van der Waals surface area (Å²) in [6.45, 7) is 2.07. The number of halogens is 1. The van der Waals surface area contributed by atoms with Crippen LogP contribution in [0.5, 0.6) is 0 Å². The Morgan fingerprint density at radius 1 is 1.58 bits per heavy atom.